The number of nitrogens with zero attached hydrogens (tertiary/aromatic N) is 3. The fraction of sp³-hybridized carbons (Fsp3) is 0.375. The molecule has 0 amide bonds. The van der Waals surface area contributed by atoms with Gasteiger partial charge >= 0.3 is 0 Å². The number of aliphatic imine (C=N–C) groups is 1. The molecule has 132 valence electrons. The summed E-state index contributed by atoms with van der Waals surface area (Å²) < 4.78 is 6.93. The Labute approximate surface area is 164 Å². The molecule has 8 heteroatoms. The van der Waals surface area contributed by atoms with E-state index in [1.54, 1.807) is 18.8 Å². The number of hydrogen-bond donors (Lipinski definition) is 2. The van der Waals surface area contributed by atoms with Crippen molar-refractivity contribution in [2.75, 3.05) is 20.7 Å². The molecular formula is C16H23ClIN5O. The normalized spacial score (nSPS) is 10.9. The number of aromatic nitrogens is 2. The fourth-order valence-electron chi connectivity index (χ4n) is 2.14. The van der Waals surface area contributed by atoms with Crippen molar-refractivity contribution in [2.45, 2.75) is 13.0 Å². The van der Waals surface area contributed by atoms with Crippen LogP contribution >= 0.6 is 35.6 Å². The van der Waals surface area contributed by atoms with Crippen molar-refractivity contribution in [3.8, 4) is 5.75 Å². The summed E-state index contributed by atoms with van der Waals surface area (Å²) in [6.45, 7) is 1.41. The first kappa shape index (κ1) is 20.6. The van der Waals surface area contributed by atoms with E-state index in [2.05, 4.69) is 20.7 Å². The number of benzene rings is 1. The van der Waals surface area contributed by atoms with Gasteiger partial charge in [-0.3, -0.25) is 9.67 Å². The summed E-state index contributed by atoms with van der Waals surface area (Å²) in [5.74, 6) is 1.51. The Bertz CT molecular complexity index is 674. The maximum absolute atomic E-state index is 6.24. The van der Waals surface area contributed by atoms with Gasteiger partial charge in [-0.05, 0) is 24.1 Å². The van der Waals surface area contributed by atoms with Gasteiger partial charge in [0.15, 0.2) is 5.96 Å². The highest BCUT2D eigenvalue weighted by Gasteiger charge is 2.04. The fourth-order valence-corrected chi connectivity index (χ4v) is 2.41. The van der Waals surface area contributed by atoms with Crippen molar-refractivity contribution in [2.24, 2.45) is 12.0 Å². The zero-order valence-corrected chi connectivity index (χ0v) is 17.1. The van der Waals surface area contributed by atoms with E-state index in [9.17, 15) is 0 Å². The minimum atomic E-state index is 0. The lowest BCUT2D eigenvalue weighted by Gasteiger charge is -2.12. The Morgan fingerprint density at radius 2 is 2.17 bits per heavy atom. The van der Waals surface area contributed by atoms with E-state index in [1.807, 2.05) is 37.6 Å². The number of rotatable bonds is 6. The van der Waals surface area contributed by atoms with Crippen molar-refractivity contribution >= 4 is 41.5 Å². The molecule has 1 aromatic carbocycles. The molecule has 0 fully saturated rings. The molecule has 0 spiro atoms. The number of aryl methyl sites for hydroxylation is 1. The Balaban J connectivity index is 0.00000288. The topological polar surface area (TPSA) is 63.5 Å². The molecule has 0 aliphatic carbocycles. The number of hydrogen-bond acceptors (Lipinski definition) is 3. The lowest BCUT2D eigenvalue weighted by molar-refractivity contribution is 0.414. The molecule has 24 heavy (non-hydrogen) atoms. The molecule has 2 rings (SSSR count). The van der Waals surface area contributed by atoms with Gasteiger partial charge in [-0.15, -0.1) is 24.0 Å². The quantitative estimate of drug-likeness (QED) is 0.393. The molecular weight excluding hydrogens is 441 g/mol. The van der Waals surface area contributed by atoms with E-state index in [-0.39, 0.29) is 24.0 Å². The molecule has 0 saturated heterocycles. The van der Waals surface area contributed by atoms with Gasteiger partial charge in [0.25, 0.3) is 0 Å². The Hall–Kier alpha value is -1.48. The highest BCUT2D eigenvalue weighted by Crippen LogP contribution is 2.22. The van der Waals surface area contributed by atoms with Crippen molar-refractivity contribution < 1.29 is 4.74 Å². The van der Waals surface area contributed by atoms with E-state index >= 15 is 0 Å². The van der Waals surface area contributed by atoms with Crippen molar-refractivity contribution in [1.82, 2.24) is 20.4 Å². The third-order valence-corrected chi connectivity index (χ3v) is 3.74. The van der Waals surface area contributed by atoms with E-state index in [1.165, 1.54) is 0 Å². The number of ether oxygens (including phenoxy) is 1. The minimum absolute atomic E-state index is 0. The number of methoxy groups -OCH3 is 1. The van der Waals surface area contributed by atoms with Gasteiger partial charge in [-0.1, -0.05) is 17.7 Å². The molecule has 1 aromatic heterocycles. The van der Waals surface area contributed by atoms with Gasteiger partial charge in [0.1, 0.15) is 5.75 Å². The van der Waals surface area contributed by atoms with Crippen LogP contribution in [0.25, 0.3) is 0 Å². The van der Waals surface area contributed by atoms with Gasteiger partial charge in [0.2, 0.25) is 0 Å². The van der Waals surface area contributed by atoms with Crippen LogP contribution in [0, 0.1) is 0 Å². The third kappa shape index (κ3) is 6.20. The highest BCUT2D eigenvalue weighted by molar-refractivity contribution is 14.0. The molecule has 0 aliphatic rings. The van der Waals surface area contributed by atoms with Crippen LogP contribution < -0.4 is 15.4 Å². The summed E-state index contributed by atoms with van der Waals surface area (Å²) in [6.07, 6.45) is 4.60. The number of guanidine groups is 1. The first-order valence-corrected chi connectivity index (χ1v) is 7.74. The third-order valence-electron chi connectivity index (χ3n) is 3.39. The first-order chi connectivity index (χ1) is 11.1. The summed E-state index contributed by atoms with van der Waals surface area (Å²) >= 11 is 6.24. The van der Waals surface area contributed by atoms with Crippen LogP contribution in [0.4, 0.5) is 0 Å². The zero-order valence-electron chi connectivity index (χ0n) is 14.0. The average molecular weight is 464 g/mol. The summed E-state index contributed by atoms with van der Waals surface area (Å²) in [5.41, 5.74) is 2.18. The largest absolute Gasteiger partial charge is 0.497 e. The summed E-state index contributed by atoms with van der Waals surface area (Å²) in [7, 11) is 5.28. The van der Waals surface area contributed by atoms with E-state index < -0.39 is 0 Å². The predicted octanol–water partition coefficient (Wildman–Crippen LogP) is 2.61. The van der Waals surface area contributed by atoms with Gasteiger partial charge in [0, 0.05) is 44.0 Å². The monoisotopic (exact) mass is 463 g/mol. The molecule has 0 aliphatic heterocycles. The van der Waals surface area contributed by atoms with Crippen LogP contribution in [-0.4, -0.2) is 36.4 Å². The Morgan fingerprint density at radius 3 is 2.75 bits per heavy atom. The van der Waals surface area contributed by atoms with Crippen molar-refractivity contribution in [3.05, 3.63) is 46.7 Å². The average Bonchev–Trinajstić information content (AvgIpc) is 2.97. The lowest BCUT2D eigenvalue weighted by atomic mass is 10.1. The van der Waals surface area contributed by atoms with E-state index in [0.717, 1.165) is 35.8 Å². The predicted molar refractivity (Wildman–Crippen MR) is 109 cm³/mol. The SMILES string of the molecule is CN=C(NCCc1ccc(OC)cc1Cl)NCc1cnn(C)c1.I. The second-order valence-electron chi connectivity index (χ2n) is 5.08. The van der Waals surface area contributed by atoms with Crippen LogP contribution in [0.1, 0.15) is 11.1 Å². The van der Waals surface area contributed by atoms with Crippen molar-refractivity contribution in [3.63, 3.8) is 0 Å². The molecule has 6 nitrogen and oxygen atoms in total. The smallest absolute Gasteiger partial charge is 0.191 e. The highest BCUT2D eigenvalue weighted by atomic mass is 127. The van der Waals surface area contributed by atoms with E-state index in [4.69, 9.17) is 16.3 Å². The Morgan fingerprint density at radius 1 is 1.38 bits per heavy atom. The standard InChI is InChI=1S/C16H22ClN5O.HI/c1-18-16(20-9-12-10-21-22(2)11-12)19-7-6-13-4-5-14(23-3)8-15(13)17;/h4-5,8,10-11H,6-7,9H2,1-3H3,(H2,18,19,20);1H. The van der Waals surface area contributed by atoms with Crippen LogP contribution in [0.3, 0.4) is 0 Å². The van der Waals surface area contributed by atoms with Gasteiger partial charge in [0.05, 0.1) is 13.3 Å². The summed E-state index contributed by atoms with van der Waals surface area (Å²) in [5, 5.41) is 11.4. The van der Waals surface area contributed by atoms with Crippen LogP contribution in [-0.2, 0) is 20.0 Å². The molecule has 0 bridgehead atoms. The van der Waals surface area contributed by atoms with Gasteiger partial charge < -0.3 is 15.4 Å². The molecule has 0 atom stereocenters. The van der Waals surface area contributed by atoms with Crippen molar-refractivity contribution in [1.29, 1.82) is 0 Å². The van der Waals surface area contributed by atoms with E-state index in [0.29, 0.717) is 11.6 Å². The van der Waals surface area contributed by atoms with Crippen LogP contribution in [0.15, 0.2) is 35.6 Å². The van der Waals surface area contributed by atoms with Crippen LogP contribution in [0.5, 0.6) is 5.75 Å². The zero-order chi connectivity index (χ0) is 16.7. The minimum Gasteiger partial charge on any atom is -0.497 e. The number of halogens is 2. The lowest BCUT2D eigenvalue weighted by Crippen LogP contribution is -2.37. The molecule has 0 saturated carbocycles. The maximum atomic E-state index is 6.24. The summed E-state index contributed by atoms with van der Waals surface area (Å²) in [4.78, 5) is 4.21. The molecule has 0 unspecified atom stereocenters. The van der Waals surface area contributed by atoms with Crippen LogP contribution in [0.2, 0.25) is 5.02 Å². The molecule has 1 heterocycles. The molecule has 2 N–H and O–H groups in total. The van der Waals surface area contributed by atoms with Gasteiger partial charge in [-0.25, -0.2) is 0 Å². The molecule has 0 radical (unpaired) electrons. The Kier molecular flexibility index (Phi) is 8.91. The summed E-state index contributed by atoms with van der Waals surface area (Å²) in [6, 6.07) is 5.72. The molecule has 2 aromatic rings. The second kappa shape index (κ2) is 10.4. The maximum Gasteiger partial charge on any atom is 0.191 e. The number of nitrogens with one attached hydrogen (secondary N) is 2. The second-order valence-corrected chi connectivity index (χ2v) is 5.49. The van der Waals surface area contributed by atoms with Gasteiger partial charge in [-0.2, -0.15) is 5.10 Å². The first-order valence-electron chi connectivity index (χ1n) is 7.37.